The molecule has 0 spiro atoms. The summed E-state index contributed by atoms with van der Waals surface area (Å²) < 4.78 is 15.4. The molecule has 24 heavy (non-hydrogen) atoms. The second-order valence-corrected chi connectivity index (χ2v) is 6.35. The van der Waals surface area contributed by atoms with E-state index in [-0.39, 0.29) is 11.4 Å². The molecular formula is C18H15ClFN3O. The summed E-state index contributed by atoms with van der Waals surface area (Å²) in [5.41, 5.74) is 2.18. The SMILES string of the molecule is O=c1ccc2c(-c3ccc(CNC4CC4)c(F)c3)ccnc2n1Cl. The summed E-state index contributed by atoms with van der Waals surface area (Å²) in [6.07, 6.45) is 3.90. The van der Waals surface area contributed by atoms with Gasteiger partial charge in [0.05, 0.1) is 0 Å². The third-order valence-electron chi connectivity index (χ3n) is 4.26. The number of benzene rings is 1. The number of aromatic nitrogens is 2. The van der Waals surface area contributed by atoms with Crippen LogP contribution in [0.1, 0.15) is 18.4 Å². The summed E-state index contributed by atoms with van der Waals surface area (Å²) in [4.78, 5) is 15.8. The quantitative estimate of drug-likeness (QED) is 0.789. The minimum atomic E-state index is -0.346. The van der Waals surface area contributed by atoms with Crippen LogP contribution >= 0.6 is 11.8 Å². The van der Waals surface area contributed by atoms with E-state index in [9.17, 15) is 9.18 Å². The van der Waals surface area contributed by atoms with Crippen molar-refractivity contribution in [1.29, 1.82) is 0 Å². The molecule has 0 unspecified atom stereocenters. The molecule has 2 heterocycles. The number of pyridine rings is 2. The molecule has 1 aliphatic carbocycles. The van der Waals surface area contributed by atoms with Crippen LogP contribution in [0.3, 0.4) is 0 Å². The predicted molar refractivity (Wildman–Crippen MR) is 92.5 cm³/mol. The van der Waals surface area contributed by atoms with Gasteiger partial charge in [-0.25, -0.2) is 9.37 Å². The summed E-state index contributed by atoms with van der Waals surface area (Å²) in [7, 11) is 0. The first-order valence-electron chi connectivity index (χ1n) is 7.82. The molecule has 0 atom stereocenters. The average Bonchev–Trinajstić information content (AvgIpc) is 3.41. The van der Waals surface area contributed by atoms with E-state index in [4.69, 9.17) is 11.8 Å². The van der Waals surface area contributed by atoms with E-state index in [1.807, 2.05) is 6.07 Å². The molecular weight excluding hydrogens is 329 g/mol. The highest BCUT2D eigenvalue weighted by atomic mass is 35.5. The van der Waals surface area contributed by atoms with Crippen LogP contribution < -0.4 is 10.9 Å². The molecule has 1 N–H and O–H groups in total. The van der Waals surface area contributed by atoms with Crippen molar-refractivity contribution < 1.29 is 4.39 Å². The Morgan fingerprint density at radius 3 is 2.83 bits per heavy atom. The topological polar surface area (TPSA) is 46.9 Å². The van der Waals surface area contributed by atoms with E-state index in [1.54, 1.807) is 24.4 Å². The number of nitrogens with zero attached hydrogens (tertiary/aromatic N) is 2. The van der Waals surface area contributed by atoms with Gasteiger partial charge >= 0.3 is 0 Å². The first kappa shape index (κ1) is 15.3. The first-order valence-corrected chi connectivity index (χ1v) is 8.16. The van der Waals surface area contributed by atoms with Crippen LogP contribution in [0.25, 0.3) is 22.2 Å². The maximum absolute atomic E-state index is 14.4. The third-order valence-corrected chi connectivity index (χ3v) is 4.59. The monoisotopic (exact) mass is 343 g/mol. The summed E-state index contributed by atoms with van der Waals surface area (Å²) >= 11 is 5.98. The largest absolute Gasteiger partial charge is 0.310 e. The zero-order valence-electron chi connectivity index (χ0n) is 12.8. The van der Waals surface area contributed by atoms with Crippen molar-refractivity contribution >= 4 is 22.8 Å². The number of hydrogen-bond acceptors (Lipinski definition) is 3. The Hall–Kier alpha value is -2.24. The second-order valence-electron chi connectivity index (χ2n) is 6.01. The Balaban J connectivity index is 1.75. The van der Waals surface area contributed by atoms with Gasteiger partial charge in [-0.1, -0.05) is 12.1 Å². The summed E-state index contributed by atoms with van der Waals surface area (Å²) in [5, 5.41) is 4.01. The second kappa shape index (κ2) is 6.00. The van der Waals surface area contributed by atoms with E-state index in [2.05, 4.69) is 10.3 Å². The zero-order chi connectivity index (χ0) is 16.7. The van der Waals surface area contributed by atoms with Crippen molar-refractivity contribution in [2.75, 3.05) is 0 Å². The van der Waals surface area contributed by atoms with Crippen molar-refractivity contribution in [2.45, 2.75) is 25.4 Å². The van der Waals surface area contributed by atoms with Gasteiger partial charge in [0.25, 0.3) is 5.56 Å². The van der Waals surface area contributed by atoms with Crippen molar-refractivity contribution in [3.8, 4) is 11.1 Å². The number of nitrogens with one attached hydrogen (secondary N) is 1. The number of fused-ring (bicyclic) bond motifs is 1. The lowest BCUT2D eigenvalue weighted by Gasteiger charge is -2.10. The molecule has 0 bridgehead atoms. The third kappa shape index (κ3) is 2.81. The van der Waals surface area contributed by atoms with Crippen LogP contribution in [0.5, 0.6) is 0 Å². The molecule has 1 aromatic carbocycles. The van der Waals surface area contributed by atoms with Gasteiger partial charge in [0.1, 0.15) is 5.82 Å². The van der Waals surface area contributed by atoms with Crippen molar-refractivity contribution in [2.24, 2.45) is 0 Å². The lowest BCUT2D eigenvalue weighted by atomic mass is 10.0. The minimum Gasteiger partial charge on any atom is -0.310 e. The zero-order valence-corrected chi connectivity index (χ0v) is 13.6. The Morgan fingerprint density at radius 1 is 1.25 bits per heavy atom. The molecule has 0 radical (unpaired) electrons. The predicted octanol–water partition coefficient (Wildman–Crippen LogP) is 3.46. The van der Waals surface area contributed by atoms with Gasteiger partial charge in [-0.3, -0.25) is 4.79 Å². The van der Waals surface area contributed by atoms with Crippen molar-refractivity contribution in [3.05, 3.63) is 64.3 Å². The summed E-state index contributed by atoms with van der Waals surface area (Å²) in [6, 6.07) is 10.6. The number of rotatable bonds is 4. The Bertz CT molecular complexity index is 982. The molecule has 0 amide bonds. The van der Waals surface area contributed by atoms with E-state index < -0.39 is 0 Å². The smallest absolute Gasteiger partial charge is 0.266 e. The van der Waals surface area contributed by atoms with Crippen LogP contribution in [0.15, 0.2) is 47.4 Å². The van der Waals surface area contributed by atoms with Gasteiger partial charge in [-0.15, -0.1) is 0 Å². The fourth-order valence-electron chi connectivity index (χ4n) is 2.76. The molecule has 2 aromatic heterocycles. The van der Waals surface area contributed by atoms with Gasteiger partial charge in [0.15, 0.2) is 5.65 Å². The maximum atomic E-state index is 14.4. The highest BCUT2D eigenvalue weighted by Crippen LogP contribution is 2.28. The molecule has 3 aromatic rings. The van der Waals surface area contributed by atoms with Gasteiger partial charge < -0.3 is 5.32 Å². The van der Waals surface area contributed by atoms with Crippen LogP contribution in [0.4, 0.5) is 4.39 Å². The highest BCUT2D eigenvalue weighted by molar-refractivity contribution is 6.18. The lowest BCUT2D eigenvalue weighted by molar-refractivity contribution is 0.587. The van der Waals surface area contributed by atoms with E-state index >= 15 is 0 Å². The highest BCUT2D eigenvalue weighted by Gasteiger charge is 2.20. The van der Waals surface area contributed by atoms with Crippen LogP contribution in [-0.2, 0) is 6.54 Å². The summed E-state index contributed by atoms with van der Waals surface area (Å²) in [6.45, 7) is 0.537. The molecule has 4 rings (SSSR count). The molecule has 1 fully saturated rings. The maximum Gasteiger partial charge on any atom is 0.266 e. The molecule has 6 heteroatoms. The van der Waals surface area contributed by atoms with Gasteiger partial charge in [-0.05, 0) is 42.2 Å². The van der Waals surface area contributed by atoms with E-state index in [1.165, 1.54) is 25.0 Å². The molecule has 0 saturated heterocycles. The van der Waals surface area contributed by atoms with Gasteiger partial charge in [0, 0.05) is 47.6 Å². The Labute approximate surface area is 143 Å². The molecule has 1 aliphatic rings. The van der Waals surface area contributed by atoms with Crippen molar-refractivity contribution in [3.63, 3.8) is 0 Å². The van der Waals surface area contributed by atoms with Crippen LogP contribution in [0, 0.1) is 5.82 Å². The fourth-order valence-corrected chi connectivity index (χ4v) is 2.95. The van der Waals surface area contributed by atoms with Gasteiger partial charge in [0.2, 0.25) is 0 Å². The van der Waals surface area contributed by atoms with Crippen molar-refractivity contribution in [1.82, 2.24) is 14.4 Å². The standard InChI is InChI=1S/C18H15ClFN3O/c19-23-17(24)6-5-15-14(7-8-21-18(15)23)11-1-2-12(16(20)9-11)10-22-13-3-4-13/h1-2,5-9,13,22H,3-4,10H2. The van der Waals surface area contributed by atoms with E-state index in [0.717, 1.165) is 15.2 Å². The molecule has 122 valence electrons. The normalized spacial score (nSPS) is 14.2. The Kier molecular flexibility index (Phi) is 3.82. The van der Waals surface area contributed by atoms with Crippen LogP contribution in [0.2, 0.25) is 0 Å². The van der Waals surface area contributed by atoms with Crippen LogP contribution in [-0.4, -0.2) is 15.1 Å². The van der Waals surface area contributed by atoms with E-state index in [0.29, 0.717) is 29.2 Å². The first-order chi connectivity index (χ1) is 11.6. The molecule has 4 nitrogen and oxygen atoms in total. The fraction of sp³-hybridized carbons (Fsp3) is 0.222. The average molecular weight is 344 g/mol. The molecule has 1 saturated carbocycles. The van der Waals surface area contributed by atoms with Gasteiger partial charge in [-0.2, -0.15) is 4.09 Å². The number of halogens is 2. The lowest BCUT2D eigenvalue weighted by Crippen LogP contribution is -2.16. The number of hydrogen-bond donors (Lipinski definition) is 1. The Morgan fingerprint density at radius 2 is 2.08 bits per heavy atom. The minimum absolute atomic E-state index is 0.246. The molecule has 0 aliphatic heterocycles. The summed E-state index contributed by atoms with van der Waals surface area (Å²) in [5.74, 6) is -0.246.